The highest BCUT2D eigenvalue weighted by molar-refractivity contribution is 6.07. The van der Waals surface area contributed by atoms with Gasteiger partial charge >= 0.3 is 0 Å². The largest absolute Gasteiger partial charge is 0.330 e. The summed E-state index contributed by atoms with van der Waals surface area (Å²) in [5, 5.41) is 5.85. The highest BCUT2D eigenvalue weighted by Gasteiger charge is 2.33. The Hall–Kier alpha value is -2.66. The van der Waals surface area contributed by atoms with Gasteiger partial charge in [0.25, 0.3) is 5.91 Å². The molecule has 1 saturated carbocycles. The first kappa shape index (κ1) is 19.1. The summed E-state index contributed by atoms with van der Waals surface area (Å²) in [4.78, 5) is 25.1. The fraction of sp³-hybridized carbons (Fsp3) is 0.364. The van der Waals surface area contributed by atoms with Crippen LogP contribution in [0.2, 0.25) is 0 Å². The monoisotopic (exact) mass is 365 g/mol. The molecule has 0 atom stereocenters. The average Bonchev–Trinajstić information content (AvgIpc) is 2.70. The molecule has 5 heteroatoms. The van der Waals surface area contributed by atoms with Gasteiger partial charge in [0, 0.05) is 12.0 Å². The van der Waals surface area contributed by atoms with Crippen LogP contribution >= 0.6 is 0 Å². The molecule has 1 aliphatic rings. The number of nitrogens with one attached hydrogen (secondary N) is 2. The third kappa shape index (κ3) is 4.95. The van der Waals surface area contributed by atoms with E-state index in [0.29, 0.717) is 29.9 Å². The first-order chi connectivity index (χ1) is 13.1. The second-order valence-corrected chi connectivity index (χ2v) is 7.36. The van der Waals surface area contributed by atoms with Crippen molar-refractivity contribution in [2.24, 2.45) is 11.1 Å². The van der Waals surface area contributed by atoms with Crippen molar-refractivity contribution in [3.63, 3.8) is 0 Å². The zero-order chi connectivity index (χ0) is 19.1. The molecule has 0 heterocycles. The van der Waals surface area contributed by atoms with Crippen LogP contribution in [0.25, 0.3) is 0 Å². The van der Waals surface area contributed by atoms with Gasteiger partial charge in [-0.05, 0) is 49.1 Å². The number of carbonyl (C=O) groups is 2. The number of rotatable bonds is 6. The predicted molar refractivity (Wildman–Crippen MR) is 109 cm³/mol. The number of hydrogen-bond donors (Lipinski definition) is 3. The third-order valence-corrected chi connectivity index (χ3v) is 5.37. The molecule has 2 aromatic carbocycles. The average molecular weight is 365 g/mol. The Morgan fingerprint density at radius 1 is 0.852 bits per heavy atom. The van der Waals surface area contributed by atoms with Crippen molar-refractivity contribution >= 4 is 23.2 Å². The molecular weight excluding hydrogens is 338 g/mol. The van der Waals surface area contributed by atoms with Crippen LogP contribution < -0.4 is 16.4 Å². The topological polar surface area (TPSA) is 84.2 Å². The Balaban J connectivity index is 1.68. The molecule has 0 aromatic heterocycles. The molecule has 142 valence electrons. The molecule has 0 bridgehead atoms. The first-order valence-corrected chi connectivity index (χ1v) is 9.57. The second kappa shape index (κ2) is 8.82. The molecule has 27 heavy (non-hydrogen) atoms. The van der Waals surface area contributed by atoms with Gasteiger partial charge < -0.3 is 16.4 Å². The lowest BCUT2D eigenvalue weighted by atomic mass is 9.71. The van der Waals surface area contributed by atoms with Gasteiger partial charge in [-0.15, -0.1) is 0 Å². The van der Waals surface area contributed by atoms with Gasteiger partial charge in [0.05, 0.1) is 11.4 Å². The third-order valence-electron chi connectivity index (χ3n) is 5.37. The molecule has 4 N–H and O–H groups in total. The van der Waals surface area contributed by atoms with Crippen molar-refractivity contribution in [2.75, 3.05) is 17.2 Å². The molecule has 5 nitrogen and oxygen atoms in total. The quantitative estimate of drug-likeness (QED) is 0.718. The highest BCUT2D eigenvalue weighted by Crippen LogP contribution is 2.38. The zero-order valence-corrected chi connectivity index (χ0v) is 15.5. The summed E-state index contributed by atoms with van der Waals surface area (Å²) in [7, 11) is 0. The lowest BCUT2D eigenvalue weighted by Gasteiger charge is -2.35. The molecule has 0 saturated heterocycles. The maximum absolute atomic E-state index is 12.7. The summed E-state index contributed by atoms with van der Waals surface area (Å²) in [6.07, 6.45) is 5.91. The van der Waals surface area contributed by atoms with Crippen molar-refractivity contribution in [1.29, 1.82) is 0 Å². The lowest BCUT2D eigenvalue weighted by Crippen LogP contribution is -2.36. The molecule has 1 aliphatic carbocycles. The van der Waals surface area contributed by atoms with Gasteiger partial charge in [0.15, 0.2) is 0 Å². The Morgan fingerprint density at radius 2 is 1.44 bits per heavy atom. The van der Waals surface area contributed by atoms with Gasteiger partial charge in [-0.3, -0.25) is 9.59 Å². The predicted octanol–water partition coefficient (Wildman–Crippen LogP) is 4.18. The van der Waals surface area contributed by atoms with Crippen molar-refractivity contribution in [3.05, 3.63) is 60.2 Å². The van der Waals surface area contributed by atoms with Gasteiger partial charge in [-0.25, -0.2) is 0 Å². The zero-order valence-electron chi connectivity index (χ0n) is 15.5. The van der Waals surface area contributed by atoms with Gasteiger partial charge in [0.2, 0.25) is 5.91 Å². The fourth-order valence-electron chi connectivity index (χ4n) is 3.77. The van der Waals surface area contributed by atoms with Crippen LogP contribution in [0.4, 0.5) is 11.4 Å². The van der Waals surface area contributed by atoms with Crippen LogP contribution in [0, 0.1) is 5.41 Å². The molecule has 3 rings (SSSR count). The van der Waals surface area contributed by atoms with Crippen molar-refractivity contribution in [1.82, 2.24) is 0 Å². The molecular formula is C22H27N3O2. The summed E-state index contributed by atoms with van der Waals surface area (Å²) >= 11 is 0. The number of anilines is 2. The Bertz CT molecular complexity index is 783. The number of nitrogens with two attached hydrogens (primary N) is 1. The SMILES string of the molecule is NCC1(CC(=O)Nc2ccccc2NC(=O)c2ccccc2)CCCCC1. The summed E-state index contributed by atoms with van der Waals surface area (Å²) < 4.78 is 0. The van der Waals surface area contributed by atoms with Crippen LogP contribution in [-0.4, -0.2) is 18.4 Å². The lowest BCUT2D eigenvalue weighted by molar-refractivity contribution is -0.118. The minimum Gasteiger partial charge on any atom is -0.330 e. The fourth-order valence-corrected chi connectivity index (χ4v) is 3.77. The van der Waals surface area contributed by atoms with E-state index in [0.717, 1.165) is 25.7 Å². The first-order valence-electron chi connectivity index (χ1n) is 9.57. The smallest absolute Gasteiger partial charge is 0.255 e. The van der Waals surface area contributed by atoms with Crippen LogP contribution in [0.3, 0.4) is 0 Å². The van der Waals surface area contributed by atoms with E-state index in [1.165, 1.54) is 6.42 Å². The van der Waals surface area contributed by atoms with Crippen molar-refractivity contribution in [3.8, 4) is 0 Å². The molecule has 2 amide bonds. The number of benzene rings is 2. The van der Waals surface area contributed by atoms with E-state index in [9.17, 15) is 9.59 Å². The van der Waals surface area contributed by atoms with Gasteiger partial charge in [0.1, 0.15) is 0 Å². The van der Waals surface area contributed by atoms with E-state index >= 15 is 0 Å². The van der Waals surface area contributed by atoms with Crippen molar-refractivity contribution in [2.45, 2.75) is 38.5 Å². The summed E-state index contributed by atoms with van der Waals surface area (Å²) in [5.41, 5.74) is 7.68. The minimum atomic E-state index is -0.206. The van der Waals surface area contributed by atoms with Gasteiger partial charge in [-0.1, -0.05) is 49.6 Å². The summed E-state index contributed by atoms with van der Waals surface area (Å²) in [6, 6.07) is 16.3. The number of amides is 2. The Morgan fingerprint density at radius 3 is 2.07 bits per heavy atom. The van der Waals surface area contributed by atoms with Crippen LogP contribution in [-0.2, 0) is 4.79 Å². The van der Waals surface area contributed by atoms with Crippen molar-refractivity contribution < 1.29 is 9.59 Å². The normalized spacial score (nSPS) is 15.7. The maximum Gasteiger partial charge on any atom is 0.255 e. The standard InChI is InChI=1S/C22H27N3O2/c23-16-22(13-7-2-8-14-22)15-20(26)24-18-11-5-6-12-19(18)25-21(27)17-9-3-1-4-10-17/h1,3-6,9-12H,2,7-8,13-16,23H2,(H,24,26)(H,25,27). The number of para-hydroxylation sites is 2. The molecule has 0 aliphatic heterocycles. The van der Waals surface area contributed by atoms with E-state index in [1.54, 1.807) is 24.3 Å². The number of carbonyl (C=O) groups excluding carboxylic acids is 2. The van der Waals surface area contributed by atoms with E-state index in [-0.39, 0.29) is 17.2 Å². The Labute approximate surface area is 160 Å². The second-order valence-electron chi connectivity index (χ2n) is 7.36. The van der Waals surface area contributed by atoms with Crippen LogP contribution in [0.1, 0.15) is 48.9 Å². The molecule has 0 spiro atoms. The number of hydrogen-bond acceptors (Lipinski definition) is 3. The molecule has 0 unspecified atom stereocenters. The van der Waals surface area contributed by atoms with E-state index in [2.05, 4.69) is 10.6 Å². The summed E-state index contributed by atoms with van der Waals surface area (Å²) in [6.45, 7) is 0.535. The van der Waals surface area contributed by atoms with Crippen LogP contribution in [0.15, 0.2) is 54.6 Å². The molecule has 0 radical (unpaired) electrons. The summed E-state index contributed by atoms with van der Waals surface area (Å²) in [5.74, 6) is -0.258. The van der Waals surface area contributed by atoms with Gasteiger partial charge in [-0.2, -0.15) is 0 Å². The highest BCUT2D eigenvalue weighted by atomic mass is 16.2. The Kier molecular flexibility index (Phi) is 6.24. The molecule has 1 fully saturated rings. The van der Waals surface area contributed by atoms with Crippen LogP contribution in [0.5, 0.6) is 0 Å². The maximum atomic E-state index is 12.7. The minimum absolute atomic E-state index is 0.0521. The van der Waals surface area contributed by atoms with E-state index in [4.69, 9.17) is 5.73 Å². The van der Waals surface area contributed by atoms with E-state index in [1.807, 2.05) is 30.3 Å². The van der Waals surface area contributed by atoms with E-state index < -0.39 is 0 Å². The molecule has 2 aromatic rings.